The Morgan fingerprint density at radius 1 is 1.10 bits per heavy atom. The van der Waals surface area contributed by atoms with Crippen molar-refractivity contribution in [2.75, 3.05) is 18.5 Å². The molecular formula is C16H16N2O3. The first-order valence-electron chi connectivity index (χ1n) is 6.76. The van der Waals surface area contributed by atoms with Crippen LogP contribution >= 0.6 is 0 Å². The number of ether oxygens (including phenoxy) is 2. The van der Waals surface area contributed by atoms with Crippen LogP contribution in [0.5, 0.6) is 11.5 Å². The van der Waals surface area contributed by atoms with Crippen molar-refractivity contribution in [2.45, 2.75) is 6.54 Å². The van der Waals surface area contributed by atoms with Crippen LogP contribution in [0.3, 0.4) is 0 Å². The van der Waals surface area contributed by atoms with E-state index >= 15 is 0 Å². The van der Waals surface area contributed by atoms with Crippen LogP contribution in [0.25, 0.3) is 0 Å². The molecule has 2 aromatic rings. The number of benzene rings is 2. The van der Waals surface area contributed by atoms with Crippen molar-refractivity contribution >= 4 is 11.6 Å². The number of carbonyl (C=O) groups excluding carboxylic acids is 1. The number of anilines is 1. The highest BCUT2D eigenvalue weighted by molar-refractivity contribution is 6.04. The molecule has 0 fully saturated rings. The number of fused-ring (bicyclic) bond motifs is 1. The zero-order chi connectivity index (χ0) is 14.7. The Balaban J connectivity index is 1.78. The summed E-state index contributed by atoms with van der Waals surface area (Å²) < 4.78 is 10.9. The first-order chi connectivity index (χ1) is 10.3. The molecule has 1 aliphatic heterocycles. The van der Waals surface area contributed by atoms with Gasteiger partial charge >= 0.3 is 0 Å². The van der Waals surface area contributed by atoms with Crippen LogP contribution in [-0.4, -0.2) is 19.1 Å². The molecule has 0 saturated carbocycles. The van der Waals surface area contributed by atoms with Gasteiger partial charge in [0.2, 0.25) is 0 Å². The maximum Gasteiger partial charge on any atom is 0.255 e. The fraction of sp³-hybridized carbons (Fsp3) is 0.188. The van der Waals surface area contributed by atoms with Gasteiger partial charge in [-0.25, -0.2) is 0 Å². The molecule has 3 rings (SSSR count). The smallest absolute Gasteiger partial charge is 0.255 e. The zero-order valence-electron chi connectivity index (χ0n) is 11.5. The van der Waals surface area contributed by atoms with Gasteiger partial charge in [0.25, 0.3) is 5.91 Å². The predicted molar refractivity (Wildman–Crippen MR) is 79.7 cm³/mol. The molecule has 0 atom stereocenters. The van der Waals surface area contributed by atoms with E-state index in [2.05, 4.69) is 5.32 Å². The summed E-state index contributed by atoms with van der Waals surface area (Å²) in [5, 5.41) is 2.84. The SMILES string of the molecule is NCc1cccc(C(=O)Nc2ccc3c(c2)OCCO3)c1. The van der Waals surface area contributed by atoms with E-state index in [0.717, 1.165) is 5.56 Å². The minimum absolute atomic E-state index is 0.179. The van der Waals surface area contributed by atoms with Crippen LogP contribution in [0.2, 0.25) is 0 Å². The number of hydrogen-bond donors (Lipinski definition) is 2. The lowest BCUT2D eigenvalue weighted by atomic mass is 10.1. The van der Waals surface area contributed by atoms with E-state index in [4.69, 9.17) is 15.2 Å². The highest BCUT2D eigenvalue weighted by atomic mass is 16.6. The Kier molecular flexibility index (Phi) is 3.75. The average molecular weight is 284 g/mol. The lowest BCUT2D eigenvalue weighted by Crippen LogP contribution is -2.16. The van der Waals surface area contributed by atoms with Crippen LogP contribution in [0.15, 0.2) is 42.5 Å². The van der Waals surface area contributed by atoms with Crippen molar-refractivity contribution < 1.29 is 14.3 Å². The lowest BCUT2D eigenvalue weighted by Gasteiger charge is -2.19. The van der Waals surface area contributed by atoms with E-state index in [1.54, 1.807) is 30.3 Å². The average Bonchev–Trinajstić information content (AvgIpc) is 2.54. The van der Waals surface area contributed by atoms with Gasteiger partial charge in [0.1, 0.15) is 13.2 Å². The molecule has 0 radical (unpaired) electrons. The van der Waals surface area contributed by atoms with Gasteiger partial charge in [-0.05, 0) is 29.8 Å². The van der Waals surface area contributed by atoms with Crippen LogP contribution in [0, 0.1) is 0 Å². The first-order valence-corrected chi connectivity index (χ1v) is 6.76. The Hall–Kier alpha value is -2.53. The van der Waals surface area contributed by atoms with Gasteiger partial charge in [-0.2, -0.15) is 0 Å². The maximum absolute atomic E-state index is 12.2. The largest absolute Gasteiger partial charge is 0.486 e. The Morgan fingerprint density at radius 2 is 1.90 bits per heavy atom. The summed E-state index contributed by atoms with van der Waals surface area (Å²) in [5.74, 6) is 1.17. The number of nitrogens with two attached hydrogens (primary N) is 1. The molecule has 0 bridgehead atoms. The molecule has 5 nitrogen and oxygen atoms in total. The molecule has 0 unspecified atom stereocenters. The minimum Gasteiger partial charge on any atom is -0.486 e. The summed E-state index contributed by atoms with van der Waals surface area (Å²) >= 11 is 0. The molecule has 0 aromatic heterocycles. The first kappa shape index (κ1) is 13.5. The molecule has 1 heterocycles. The van der Waals surface area contributed by atoms with Crippen LogP contribution in [-0.2, 0) is 6.54 Å². The number of nitrogens with one attached hydrogen (secondary N) is 1. The summed E-state index contributed by atoms with van der Waals surface area (Å²) in [6.45, 7) is 1.47. The van der Waals surface area contributed by atoms with E-state index < -0.39 is 0 Å². The van der Waals surface area contributed by atoms with Crippen molar-refractivity contribution in [1.82, 2.24) is 0 Å². The number of hydrogen-bond acceptors (Lipinski definition) is 4. The van der Waals surface area contributed by atoms with Crippen molar-refractivity contribution in [3.8, 4) is 11.5 Å². The Bertz CT molecular complexity index is 670. The molecule has 0 saturated heterocycles. The van der Waals surface area contributed by atoms with Gasteiger partial charge in [-0.15, -0.1) is 0 Å². The van der Waals surface area contributed by atoms with Crippen LogP contribution in [0.1, 0.15) is 15.9 Å². The Morgan fingerprint density at radius 3 is 2.71 bits per heavy atom. The highest BCUT2D eigenvalue weighted by Crippen LogP contribution is 2.32. The third kappa shape index (κ3) is 2.98. The molecule has 1 aliphatic rings. The van der Waals surface area contributed by atoms with Crippen LogP contribution < -0.4 is 20.5 Å². The van der Waals surface area contributed by atoms with Gasteiger partial charge < -0.3 is 20.5 Å². The topological polar surface area (TPSA) is 73.6 Å². The zero-order valence-corrected chi connectivity index (χ0v) is 11.5. The predicted octanol–water partition coefficient (Wildman–Crippen LogP) is 2.17. The summed E-state index contributed by atoms with van der Waals surface area (Å²) in [5.41, 5.74) is 7.75. The van der Waals surface area contributed by atoms with Crippen molar-refractivity contribution in [2.24, 2.45) is 5.73 Å². The number of carbonyl (C=O) groups is 1. The molecule has 3 N–H and O–H groups in total. The number of rotatable bonds is 3. The normalized spacial score (nSPS) is 12.8. The summed E-state index contributed by atoms with van der Waals surface area (Å²) in [4.78, 5) is 12.2. The van der Waals surface area contributed by atoms with Crippen molar-refractivity contribution in [3.05, 3.63) is 53.6 Å². The van der Waals surface area contributed by atoms with E-state index in [1.165, 1.54) is 0 Å². The minimum atomic E-state index is -0.179. The summed E-state index contributed by atoms with van der Waals surface area (Å²) in [7, 11) is 0. The van der Waals surface area contributed by atoms with Gasteiger partial charge in [0, 0.05) is 23.9 Å². The molecule has 0 spiro atoms. The van der Waals surface area contributed by atoms with E-state index in [0.29, 0.717) is 42.5 Å². The third-order valence-electron chi connectivity index (χ3n) is 3.22. The second kappa shape index (κ2) is 5.85. The molecule has 21 heavy (non-hydrogen) atoms. The lowest BCUT2D eigenvalue weighted by molar-refractivity contribution is 0.102. The molecule has 0 aliphatic carbocycles. The second-order valence-corrected chi connectivity index (χ2v) is 4.72. The third-order valence-corrected chi connectivity index (χ3v) is 3.22. The second-order valence-electron chi connectivity index (χ2n) is 4.72. The van der Waals surface area contributed by atoms with E-state index in [-0.39, 0.29) is 5.91 Å². The molecule has 5 heteroatoms. The van der Waals surface area contributed by atoms with E-state index in [9.17, 15) is 4.79 Å². The standard InChI is InChI=1S/C16H16N2O3/c17-10-11-2-1-3-12(8-11)16(19)18-13-4-5-14-15(9-13)21-7-6-20-14/h1-5,8-9H,6-7,10,17H2,(H,18,19). The molecule has 108 valence electrons. The van der Waals surface area contributed by atoms with Crippen molar-refractivity contribution in [1.29, 1.82) is 0 Å². The van der Waals surface area contributed by atoms with Gasteiger partial charge in [0.15, 0.2) is 11.5 Å². The summed E-state index contributed by atoms with van der Waals surface area (Å²) in [6, 6.07) is 12.6. The van der Waals surface area contributed by atoms with Gasteiger partial charge in [-0.1, -0.05) is 12.1 Å². The van der Waals surface area contributed by atoms with Crippen LogP contribution in [0.4, 0.5) is 5.69 Å². The molecule has 1 amide bonds. The summed E-state index contributed by atoms with van der Waals surface area (Å²) in [6.07, 6.45) is 0. The van der Waals surface area contributed by atoms with Crippen molar-refractivity contribution in [3.63, 3.8) is 0 Å². The molecular weight excluding hydrogens is 268 g/mol. The molecule has 2 aromatic carbocycles. The van der Waals surface area contributed by atoms with Gasteiger partial charge in [0.05, 0.1) is 0 Å². The monoisotopic (exact) mass is 284 g/mol. The fourth-order valence-electron chi connectivity index (χ4n) is 2.16. The number of amides is 1. The maximum atomic E-state index is 12.2. The van der Waals surface area contributed by atoms with E-state index in [1.807, 2.05) is 12.1 Å². The highest BCUT2D eigenvalue weighted by Gasteiger charge is 2.13. The quantitative estimate of drug-likeness (QED) is 0.906. The Labute approximate surface area is 122 Å². The fourth-order valence-corrected chi connectivity index (χ4v) is 2.16. The van der Waals surface area contributed by atoms with Gasteiger partial charge in [-0.3, -0.25) is 4.79 Å².